The van der Waals surface area contributed by atoms with Crippen molar-refractivity contribution in [2.45, 2.75) is 18.2 Å². The number of nitrogens with zero attached hydrogens (tertiary/aromatic N) is 1. The lowest BCUT2D eigenvalue weighted by Crippen LogP contribution is -2.26. The van der Waals surface area contributed by atoms with Gasteiger partial charge in [-0.1, -0.05) is 0 Å². The van der Waals surface area contributed by atoms with Gasteiger partial charge in [-0.15, -0.1) is 11.3 Å². The number of aromatic nitrogens is 1. The van der Waals surface area contributed by atoms with Gasteiger partial charge in [0, 0.05) is 23.1 Å². The fourth-order valence-corrected chi connectivity index (χ4v) is 5.17. The Morgan fingerprint density at radius 1 is 0.967 bits per heavy atom. The molecule has 0 unspecified atom stereocenters. The van der Waals surface area contributed by atoms with Gasteiger partial charge < -0.3 is 14.2 Å². The van der Waals surface area contributed by atoms with Gasteiger partial charge in [0.1, 0.15) is 27.2 Å². The second-order valence-corrected chi connectivity index (χ2v) is 9.24. The van der Waals surface area contributed by atoms with Gasteiger partial charge in [-0.25, -0.2) is 18.1 Å². The Balaban J connectivity index is 1.71. The zero-order chi connectivity index (χ0) is 21.7. The van der Waals surface area contributed by atoms with E-state index in [2.05, 4.69) is 9.71 Å². The lowest BCUT2D eigenvalue weighted by Gasteiger charge is -2.12. The maximum atomic E-state index is 12.8. The van der Waals surface area contributed by atoms with Crippen molar-refractivity contribution in [2.24, 2.45) is 0 Å². The third kappa shape index (κ3) is 4.92. The predicted molar refractivity (Wildman–Crippen MR) is 117 cm³/mol. The highest BCUT2D eigenvalue weighted by Gasteiger charge is 2.20. The van der Waals surface area contributed by atoms with E-state index < -0.39 is 10.0 Å². The van der Waals surface area contributed by atoms with E-state index in [-0.39, 0.29) is 17.2 Å². The van der Waals surface area contributed by atoms with Gasteiger partial charge in [-0.05, 0) is 49.7 Å². The third-order valence-electron chi connectivity index (χ3n) is 4.53. The first-order chi connectivity index (χ1) is 14.4. The summed E-state index contributed by atoms with van der Waals surface area (Å²) in [5, 5.41) is 0.891. The van der Waals surface area contributed by atoms with E-state index >= 15 is 0 Å². The number of benzene rings is 2. The summed E-state index contributed by atoms with van der Waals surface area (Å²) in [6, 6.07) is 12.4. The molecule has 0 bridgehead atoms. The molecule has 3 rings (SSSR count). The van der Waals surface area contributed by atoms with E-state index in [1.807, 2.05) is 31.2 Å². The first kappa shape index (κ1) is 22.1. The van der Waals surface area contributed by atoms with Gasteiger partial charge >= 0.3 is 0 Å². The van der Waals surface area contributed by atoms with Crippen LogP contribution >= 0.6 is 11.3 Å². The summed E-state index contributed by atoms with van der Waals surface area (Å²) in [6.45, 7) is 2.17. The average Bonchev–Trinajstić information content (AvgIpc) is 3.13. The summed E-state index contributed by atoms with van der Waals surface area (Å²) in [4.78, 5) is 5.70. The van der Waals surface area contributed by atoms with Gasteiger partial charge in [0.15, 0.2) is 0 Å². The summed E-state index contributed by atoms with van der Waals surface area (Å²) in [5.74, 6) is 1.49. The van der Waals surface area contributed by atoms with Crippen molar-refractivity contribution in [1.29, 1.82) is 0 Å². The highest BCUT2D eigenvalue weighted by Crippen LogP contribution is 2.30. The predicted octanol–water partition coefficient (Wildman–Crippen LogP) is 3.67. The molecule has 0 fully saturated rings. The number of hydrogen-bond acceptors (Lipinski definition) is 7. The van der Waals surface area contributed by atoms with Gasteiger partial charge in [0.25, 0.3) is 0 Å². The maximum Gasteiger partial charge on any atom is 0.244 e. The van der Waals surface area contributed by atoms with Gasteiger partial charge in [0.2, 0.25) is 10.0 Å². The Labute approximate surface area is 180 Å². The van der Waals surface area contributed by atoms with Crippen molar-refractivity contribution in [3.05, 3.63) is 53.0 Å². The molecule has 0 atom stereocenters. The quantitative estimate of drug-likeness (QED) is 0.538. The average molecular weight is 449 g/mol. The van der Waals surface area contributed by atoms with Crippen molar-refractivity contribution in [3.63, 3.8) is 0 Å². The van der Waals surface area contributed by atoms with E-state index in [0.29, 0.717) is 12.2 Å². The zero-order valence-electron chi connectivity index (χ0n) is 17.3. The number of thiazole rings is 1. The fourth-order valence-electron chi connectivity index (χ4n) is 2.89. The van der Waals surface area contributed by atoms with E-state index in [1.165, 1.54) is 20.3 Å². The molecule has 0 aliphatic rings. The maximum absolute atomic E-state index is 12.8. The van der Waals surface area contributed by atoms with Crippen LogP contribution < -0.4 is 18.9 Å². The summed E-state index contributed by atoms with van der Waals surface area (Å²) in [6.07, 6.45) is 0.533. The van der Waals surface area contributed by atoms with Crippen LogP contribution in [0.3, 0.4) is 0 Å². The van der Waals surface area contributed by atoms with Crippen LogP contribution in [0.5, 0.6) is 17.2 Å². The van der Waals surface area contributed by atoms with Crippen LogP contribution in [0.2, 0.25) is 0 Å². The van der Waals surface area contributed by atoms with Crippen molar-refractivity contribution < 1.29 is 22.6 Å². The fraction of sp³-hybridized carbons (Fsp3) is 0.286. The molecule has 3 aromatic rings. The second kappa shape index (κ2) is 9.46. The van der Waals surface area contributed by atoms with Crippen LogP contribution in [0.1, 0.15) is 10.6 Å². The molecule has 0 aliphatic carbocycles. The lowest BCUT2D eigenvalue weighted by atomic mass is 10.2. The highest BCUT2D eigenvalue weighted by molar-refractivity contribution is 7.89. The molecule has 0 radical (unpaired) electrons. The number of nitrogens with one attached hydrogen (secondary N) is 1. The highest BCUT2D eigenvalue weighted by atomic mass is 32.2. The first-order valence-electron chi connectivity index (χ1n) is 9.20. The van der Waals surface area contributed by atoms with Gasteiger partial charge in [-0.2, -0.15) is 0 Å². The molecule has 9 heteroatoms. The number of ether oxygens (including phenoxy) is 3. The molecule has 7 nitrogen and oxygen atoms in total. The molecule has 0 saturated heterocycles. The number of hydrogen-bond donors (Lipinski definition) is 1. The SMILES string of the molecule is COc1ccc(-c2nc(C)c(CCNS(=O)(=O)c3cc(OC)ccc3OC)s2)cc1. The molecule has 0 amide bonds. The second-order valence-electron chi connectivity index (χ2n) is 6.42. The van der Waals surface area contributed by atoms with Crippen molar-refractivity contribution >= 4 is 21.4 Å². The normalized spacial score (nSPS) is 11.3. The van der Waals surface area contributed by atoms with Crippen LogP contribution in [0, 0.1) is 6.92 Å². The van der Waals surface area contributed by atoms with Crippen molar-refractivity contribution in [3.8, 4) is 27.8 Å². The Morgan fingerprint density at radius 3 is 2.27 bits per heavy atom. The van der Waals surface area contributed by atoms with E-state index in [9.17, 15) is 8.42 Å². The molecule has 160 valence electrons. The topological polar surface area (TPSA) is 86.8 Å². The Hall–Kier alpha value is -2.62. The van der Waals surface area contributed by atoms with Gasteiger partial charge in [0.05, 0.1) is 27.0 Å². The Bertz CT molecular complexity index is 1110. The molecule has 30 heavy (non-hydrogen) atoms. The standard InChI is InChI=1S/C21H24N2O5S2/c1-14-19(29-21(23-14)15-5-7-16(26-2)8-6-15)11-12-22-30(24,25)20-13-17(27-3)9-10-18(20)28-4/h5-10,13,22H,11-12H2,1-4H3. The molecular formula is C21H24N2O5S2. The largest absolute Gasteiger partial charge is 0.497 e. The van der Waals surface area contributed by atoms with Crippen molar-refractivity contribution in [1.82, 2.24) is 9.71 Å². The van der Waals surface area contributed by atoms with E-state index in [4.69, 9.17) is 14.2 Å². The molecule has 1 heterocycles. The van der Waals surface area contributed by atoms with Crippen LogP contribution in [0.4, 0.5) is 0 Å². The summed E-state index contributed by atoms with van der Waals surface area (Å²) < 4.78 is 43.7. The van der Waals surface area contributed by atoms with E-state index in [1.54, 1.807) is 30.6 Å². The minimum Gasteiger partial charge on any atom is -0.497 e. The molecule has 2 aromatic carbocycles. The number of aryl methyl sites for hydroxylation is 1. The molecule has 1 N–H and O–H groups in total. The monoisotopic (exact) mass is 448 g/mol. The number of sulfonamides is 1. The van der Waals surface area contributed by atoms with Crippen LogP contribution in [0.15, 0.2) is 47.4 Å². The molecule has 1 aromatic heterocycles. The summed E-state index contributed by atoms with van der Waals surface area (Å²) in [5.41, 5.74) is 1.89. The number of rotatable bonds is 9. The summed E-state index contributed by atoms with van der Waals surface area (Å²) >= 11 is 1.55. The molecular weight excluding hydrogens is 424 g/mol. The smallest absolute Gasteiger partial charge is 0.244 e. The molecule has 0 aliphatic heterocycles. The van der Waals surface area contributed by atoms with Crippen LogP contribution in [0.25, 0.3) is 10.6 Å². The molecule has 0 spiro atoms. The van der Waals surface area contributed by atoms with Gasteiger partial charge in [-0.3, -0.25) is 0 Å². The Morgan fingerprint density at radius 2 is 1.63 bits per heavy atom. The third-order valence-corrected chi connectivity index (χ3v) is 7.28. The van der Waals surface area contributed by atoms with Crippen LogP contribution in [-0.4, -0.2) is 41.3 Å². The lowest BCUT2D eigenvalue weighted by molar-refractivity contribution is 0.392. The zero-order valence-corrected chi connectivity index (χ0v) is 18.9. The van der Waals surface area contributed by atoms with Crippen molar-refractivity contribution in [2.75, 3.05) is 27.9 Å². The van der Waals surface area contributed by atoms with Crippen LogP contribution in [-0.2, 0) is 16.4 Å². The molecule has 0 saturated carbocycles. The Kier molecular flexibility index (Phi) is 6.96. The first-order valence-corrected chi connectivity index (χ1v) is 11.5. The minimum absolute atomic E-state index is 0.0456. The summed E-state index contributed by atoms with van der Waals surface area (Å²) in [7, 11) is 0.789. The van der Waals surface area contributed by atoms with E-state index in [0.717, 1.165) is 26.9 Å². The minimum atomic E-state index is -3.76. The number of methoxy groups -OCH3 is 3.